The van der Waals surface area contributed by atoms with Gasteiger partial charge in [0.2, 0.25) is 0 Å². The SMILES string of the molecule is CCOC(=O)c1c(NC(=O)C(=O)N/N=C/c2c(OC(=O)c3ccc(Cl)cc3)ccc3ccccc23)sc2c1CCCC2. The van der Waals surface area contributed by atoms with E-state index in [2.05, 4.69) is 15.8 Å². The third kappa shape index (κ3) is 6.35. The number of carbonyl (C=O) groups excluding carboxylic acids is 4. The van der Waals surface area contributed by atoms with Crippen molar-refractivity contribution in [1.82, 2.24) is 5.43 Å². The summed E-state index contributed by atoms with van der Waals surface area (Å²) in [5.41, 5.74) is 4.13. The van der Waals surface area contributed by atoms with Crippen LogP contribution in [0.15, 0.2) is 65.8 Å². The lowest BCUT2D eigenvalue weighted by molar-refractivity contribution is -0.136. The van der Waals surface area contributed by atoms with Crippen molar-refractivity contribution in [2.45, 2.75) is 32.6 Å². The van der Waals surface area contributed by atoms with E-state index in [1.165, 1.54) is 17.6 Å². The van der Waals surface area contributed by atoms with Crippen LogP contribution in [0.5, 0.6) is 5.75 Å². The van der Waals surface area contributed by atoms with Crippen LogP contribution in [0, 0.1) is 0 Å². The molecule has 1 aliphatic carbocycles. The van der Waals surface area contributed by atoms with E-state index >= 15 is 0 Å². The van der Waals surface area contributed by atoms with E-state index < -0.39 is 23.8 Å². The topological polar surface area (TPSA) is 123 Å². The van der Waals surface area contributed by atoms with Gasteiger partial charge in [-0.25, -0.2) is 15.0 Å². The van der Waals surface area contributed by atoms with Gasteiger partial charge in [-0.05, 0) is 79.3 Å². The Bertz CT molecular complexity index is 1710. The number of hydrazone groups is 1. The molecule has 1 aliphatic rings. The molecule has 0 spiro atoms. The lowest BCUT2D eigenvalue weighted by Gasteiger charge is -2.12. The first-order valence-corrected chi connectivity index (χ1v) is 14.5. The van der Waals surface area contributed by atoms with Crippen LogP contribution in [0.2, 0.25) is 5.02 Å². The highest BCUT2D eigenvalue weighted by Crippen LogP contribution is 2.38. The number of aryl methyl sites for hydroxylation is 1. The number of hydrogen-bond acceptors (Lipinski definition) is 8. The summed E-state index contributed by atoms with van der Waals surface area (Å²) in [6.07, 6.45) is 4.75. The lowest BCUT2D eigenvalue weighted by Crippen LogP contribution is -2.32. The summed E-state index contributed by atoms with van der Waals surface area (Å²) in [5, 5.41) is 8.87. The molecular formula is C31H26ClN3O6S. The maximum atomic E-state index is 12.8. The van der Waals surface area contributed by atoms with Crippen LogP contribution in [-0.2, 0) is 27.2 Å². The molecule has 4 aromatic rings. The van der Waals surface area contributed by atoms with Crippen LogP contribution in [-0.4, -0.2) is 36.6 Å². The summed E-state index contributed by atoms with van der Waals surface area (Å²) in [6.45, 7) is 1.90. The van der Waals surface area contributed by atoms with Gasteiger partial charge in [0.25, 0.3) is 0 Å². The van der Waals surface area contributed by atoms with Crippen LogP contribution >= 0.6 is 22.9 Å². The molecule has 214 valence electrons. The Balaban J connectivity index is 1.34. The van der Waals surface area contributed by atoms with E-state index in [0.717, 1.165) is 35.1 Å². The zero-order valence-electron chi connectivity index (χ0n) is 22.6. The molecule has 42 heavy (non-hydrogen) atoms. The maximum absolute atomic E-state index is 12.8. The highest BCUT2D eigenvalue weighted by atomic mass is 35.5. The first-order chi connectivity index (χ1) is 20.4. The van der Waals surface area contributed by atoms with Crippen LogP contribution in [0.4, 0.5) is 5.00 Å². The molecule has 0 saturated heterocycles. The molecule has 0 aliphatic heterocycles. The van der Waals surface area contributed by atoms with E-state index in [0.29, 0.717) is 33.5 Å². The fraction of sp³-hybridized carbons (Fsp3) is 0.194. The fourth-order valence-corrected chi connectivity index (χ4v) is 6.08. The smallest absolute Gasteiger partial charge is 0.343 e. The minimum atomic E-state index is -1.03. The average molecular weight is 604 g/mol. The summed E-state index contributed by atoms with van der Waals surface area (Å²) in [7, 11) is 0. The molecule has 2 amide bonds. The predicted molar refractivity (Wildman–Crippen MR) is 162 cm³/mol. The first-order valence-electron chi connectivity index (χ1n) is 13.3. The number of thiophene rings is 1. The second-order valence-corrected chi connectivity index (χ2v) is 10.9. The van der Waals surface area contributed by atoms with E-state index in [1.54, 1.807) is 43.3 Å². The molecule has 11 heteroatoms. The number of esters is 2. The summed E-state index contributed by atoms with van der Waals surface area (Å²) in [5.74, 6) is -2.94. The highest BCUT2D eigenvalue weighted by molar-refractivity contribution is 7.17. The van der Waals surface area contributed by atoms with Gasteiger partial charge >= 0.3 is 23.8 Å². The predicted octanol–water partition coefficient (Wildman–Crippen LogP) is 5.92. The zero-order valence-corrected chi connectivity index (χ0v) is 24.1. The number of ether oxygens (including phenoxy) is 2. The number of carbonyl (C=O) groups is 4. The number of fused-ring (bicyclic) bond motifs is 2. The largest absolute Gasteiger partial charge is 0.462 e. The van der Waals surface area contributed by atoms with Crippen molar-refractivity contribution in [3.63, 3.8) is 0 Å². The number of nitrogens with one attached hydrogen (secondary N) is 2. The van der Waals surface area contributed by atoms with Crippen molar-refractivity contribution in [3.05, 3.63) is 92.8 Å². The summed E-state index contributed by atoms with van der Waals surface area (Å²) >= 11 is 7.21. The number of nitrogens with zero attached hydrogens (tertiary/aromatic N) is 1. The Morgan fingerprint density at radius 2 is 1.71 bits per heavy atom. The Morgan fingerprint density at radius 1 is 0.952 bits per heavy atom. The van der Waals surface area contributed by atoms with Crippen molar-refractivity contribution in [2.75, 3.05) is 11.9 Å². The number of hydrogen-bond donors (Lipinski definition) is 2. The fourth-order valence-electron chi connectivity index (χ4n) is 4.68. The normalized spacial score (nSPS) is 12.5. The van der Waals surface area contributed by atoms with Crippen molar-refractivity contribution < 1.29 is 28.7 Å². The molecule has 0 saturated carbocycles. The number of amides is 2. The van der Waals surface area contributed by atoms with Crippen LogP contribution in [0.3, 0.4) is 0 Å². The quantitative estimate of drug-likeness (QED) is 0.0889. The number of halogens is 1. The van der Waals surface area contributed by atoms with Crippen LogP contribution in [0.1, 0.15) is 56.5 Å². The number of rotatable bonds is 7. The number of benzene rings is 3. The second kappa shape index (κ2) is 13.0. The average Bonchev–Trinajstić information content (AvgIpc) is 3.36. The molecule has 2 N–H and O–H groups in total. The van der Waals surface area contributed by atoms with Gasteiger partial charge in [0.05, 0.1) is 23.9 Å². The van der Waals surface area contributed by atoms with Crippen molar-refractivity contribution in [3.8, 4) is 5.75 Å². The van der Waals surface area contributed by atoms with E-state index in [-0.39, 0.29) is 17.4 Å². The Labute approximate surface area is 250 Å². The highest BCUT2D eigenvalue weighted by Gasteiger charge is 2.28. The van der Waals surface area contributed by atoms with Gasteiger partial charge in [-0.1, -0.05) is 41.9 Å². The lowest BCUT2D eigenvalue weighted by atomic mass is 9.95. The molecule has 0 fully saturated rings. The summed E-state index contributed by atoms with van der Waals surface area (Å²) in [4.78, 5) is 51.9. The maximum Gasteiger partial charge on any atom is 0.343 e. The van der Waals surface area contributed by atoms with Gasteiger partial charge < -0.3 is 14.8 Å². The van der Waals surface area contributed by atoms with Gasteiger partial charge in [-0.3, -0.25) is 9.59 Å². The minimum absolute atomic E-state index is 0.192. The van der Waals surface area contributed by atoms with Gasteiger partial charge in [-0.2, -0.15) is 5.10 Å². The Kier molecular flexibility index (Phi) is 8.94. The standard InChI is InChI=1S/C31H26ClN3O6S/c1-2-40-31(39)26-22-9-5-6-10-25(22)42-29(26)34-27(36)28(37)35-33-17-23-21-8-4-3-7-18(21)13-16-24(23)41-30(38)19-11-14-20(32)15-12-19/h3-4,7-8,11-17H,2,5-6,9-10H2,1H3,(H,34,36)(H,35,37)/b33-17+. The molecular weight excluding hydrogens is 578 g/mol. The Hall–Kier alpha value is -4.54. The Morgan fingerprint density at radius 3 is 2.50 bits per heavy atom. The van der Waals surface area contributed by atoms with Gasteiger partial charge in [0.15, 0.2) is 0 Å². The molecule has 9 nitrogen and oxygen atoms in total. The third-order valence-corrected chi connectivity index (χ3v) is 8.12. The molecule has 0 unspecified atom stereocenters. The van der Waals surface area contributed by atoms with Crippen LogP contribution in [0.25, 0.3) is 10.8 Å². The monoisotopic (exact) mass is 603 g/mol. The van der Waals surface area contributed by atoms with E-state index in [9.17, 15) is 19.2 Å². The van der Waals surface area contributed by atoms with Gasteiger partial charge in [0.1, 0.15) is 10.8 Å². The molecule has 0 bridgehead atoms. The minimum Gasteiger partial charge on any atom is -0.462 e. The van der Waals surface area contributed by atoms with E-state index in [4.69, 9.17) is 21.1 Å². The molecule has 5 rings (SSSR count). The van der Waals surface area contributed by atoms with Gasteiger partial charge in [-0.15, -0.1) is 11.3 Å². The molecule has 3 aromatic carbocycles. The van der Waals surface area contributed by atoms with Crippen LogP contribution < -0.4 is 15.5 Å². The van der Waals surface area contributed by atoms with Crippen molar-refractivity contribution in [2.24, 2.45) is 5.10 Å². The third-order valence-electron chi connectivity index (χ3n) is 6.66. The van der Waals surface area contributed by atoms with Gasteiger partial charge in [0, 0.05) is 15.5 Å². The first kappa shape index (κ1) is 29.0. The molecule has 1 heterocycles. The summed E-state index contributed by atoms with van der Waals surface area (Å²) in [6, 6.07) is 17.1. The molecule has 0 atom stereocenters. The molecule has 1 aromatic heterocycles. The van der Waals surface area contributed by atoms with Crippen molar-refractivity contribution in [1.29, 1.82) is 0 Å². The second-order valence-electron chi connectivity index (χ2n) is 9.38. The number of anilines is 1. The summed E-state index contributed by atoms with van der Waals surface area (Å²) < 4.78 is 10.9. The van der Waals surface area contributed by atoms with Crippen molar-refractivity contribution >= 4 is 68.7 Å². The molecule has 0 radical (unpaired) electrons. The van der Waals surface area contributed by atoms with E-state index in [1.807, 2.05) is 24.3 Å². The zero-order chi connectivity index (χ0) is 29.6.